The molecule has 1 atom stereocenters. The van der Waals surface area contributed by atoms with Crippen LogP contribution in [0.3, 0.4) is 0 Å². The maximum absolute atomic E-state index is 12.1. The van der Waals surface area contributed by atoms with Gasteiger partial charge in [0.1, 0.15) is 18.4 Å². The van der Waals surface area contributed by atoms with Crippen LogP contribution in [0, 0.1) is 0 Å². The van der Waals surface area contributed by atoms with Crippen molar-refractivity contribution in [2.24, 2.45) is 0 Å². The number of amides is 1. The molecule has 0 radical (unpaired) electrons. The van der Waals surface area contributed by atoms with E-state index < -0.39 is 0 Å². The van der Waals surface area contributed by atoms with E-state index in [-0.39, 0.29) is 11.9 Å². The summed E-state index contributed by atoms with van der Waals surface area (Å²) in [6, 6.07) is 14.5. The fourth-order valence-corrected chi connectivity index (χ4v) is 2.56. The average molecular weight is 347 g/mol. The number of hydrogen-bond acceptors (Lipinski definition) is 4. The molecule has 6 heteroatoms. The standard InChI is InChI=1S/C18H19ClN2O3/c19-16-4-2-1-3-13(16)11-24-15-7-5-14(6-8-15)21-18(22)17-12-23-10-9-20-17/h1-8,17,20H,9-12H2,(H,21,22). The zero-order valence-electron chi connectivity index (χ0n) is 13.1. The lowest BCUT2D eigenvalue weighted by atomic mass is 10.2. The summed E-state index contributed by atoms with van der Waals surface area (Å²) < 4.78 is 11.0. The third-order valence-corrected chi connectivity index (χ3v) is 4.08. The molecular weight excluding hydrogens is 328 g/mol. The first kappa shape index (κ1) is 16.8. The van der Waals surface area contributed by atoms with Gasteiger partial charge in [-0.2, -0.15) is 0 Å². The van der Waals surface area contributed by atoms with Gasteiger partial charge in [0.05, 0.1) is 13.2 Å². The van der Waals surface area contributed by atoms with Crippen LogP contribution in [0.2, 0.25) is 5.02 Å². The number of benzene rings is 2. The van der Waals surface area contributed by atoms with Crippen molar-refractivity contribution in [3.63, 3.8) is 0 Å². The van der Waals surface area contributed by atoms with Crippen LogP contribution in [-0.2, 0) is 16.1 Å². The number of carbonyl (C=O) groups excluding carboxylic acids is 1. The maximum Gasteiger partial charge on any atom is 0.243 e. The Bertz CT molecular complexity index is 685. The summed E-state index contributed by atoms with van der Waals surface area (Å²) >= 11 is 6.10. The summed E-state index contributed by atoms with van der Waals surface area (Å²) in [6.45, 7) is 2.12. The number of carbonyl (C=O) groups is 1. The Kier molecular flexibility index (Phi) is 5.69. The molecule has 1 amide bonds. The molecule has 0 aromatic heterocycles. The van der Waals surface area contributed by atoms with Crippen LogP contribution in [-0.4, -0.2) is 31.7 Å². The van der Waals surface area contributed by atoms with Gasteiger partial charge in [0.15, 0.2) is 0 Å². The molecule has 1 fully saturated rings. The Morgan fingerprint density at radius 1 is 1.25 bits per heavy atom. The van der Waals surface area contributed by atoms with Crippen molar-refractivity contribution in [3.05, 3.63) is 59.1 Å². The maximum atomic E-state index is 12.1. The Balaban J connectivity index is 1.53. The van der Waals surface area contributed by atoms with E-state index in [2.05, 4.69) is 10.6 Å². The lowest BCUT2D eigenvalue weighted by molar-refractivity contribution is -0.120. The van der Waals surface area contributed by atoms with Crippen LogP contribution < -0.4 is 15.4 Å². The van der Waals surface area contributed by atoms with Crippen LogP contribution >= 0.6 is 11.6 Å². The van der Waals surface area contributed by atoms with Gasteiger partial charge >= 0.3 is 0 Å². The zero-order chi connectivity index (χ0) is 16.8. The summed E-state index contributed by atoms with van der Waals surface area (Å²) in [5.41, 5.74) is 1.65. The summed E-state index contributed by atoms with van der Waals surface area (Å²) in [6.07, 6.45) is 0. The monoisotopic (exact) mass is 346 g/mol. The minimum Gasteiger partial charge on any atom is -0.489 e. The highest BCUT2D eigenvalue weighted by Crippen LogP contribution is 2.20. The number of morpholine rings is 1. The van der Waals surface area contributed by atoms with Gasteiger partial charge in [-0.25, -0.2) is 0 Å². The SMILES string of the molecule is O=C(Nc1ccc(OCc2ccccc2Cl)cc1)C1COCCN1. The Labute approximate surface area is 145 Å². The largest absolute Gasteiger partial charge is 0.489 e. The zero-order valence-corrected chi connectivity index (χ0v) is 13.9. The summed E-state index contributed by atoms with van der Waals surface area (Å²) in [5, 5.41) is 6.67. The second-order valence-corrected chi connectivity index (χ2v) is 5.88. The van der Waals surface area contributed by atoms with E-state index in [9.17, 15) is 4.79 Å². The first-order valence-electron chi connectivity index (χ1n) is 7.80. The third kappa shape index (κ3) is 4.47. The second kappa shape index (κ2) is 8.15. The molecule has 0 bridgehead atoms. The van der Waals surface area contributed by atoms with Gasteiger partial charge in [-0.1, -0.05) is 29.8 Å². The Hall–Kier alpha value is -2.08. The van der Waals surface area contributed by atoms with E-state index in [1.807, 2.05) is 48.5 Å². The van der Waals surface area contributed by atoms with Gasteiger partial charge < -0.3 is 20.1 Å². The number of anilines is 1. The number of halogens is 1. The molecule has 2 aromatic carbocycles. The quantitative estimate of drug-likeness (QED) is 0.874. The normalized spacial score (nSPS) is 17.3. The predicted octanol–water partition coefficient (Wildman–Crippen LogP) is 2.85. The molecule has 2 N–H and O–H groups in total. The molecule has 0 spiro atoms. The molecular formula is C18H19ClN2O3. The molecule has 1 aliphatic rings. The number of nitrogens with one attached hydrogen (secondary N) is 2. The van der Waals surface area contributed by atoms with Crippen molar-refractivity contribution in [2.45, 2.75) is 12.6 Å². The second-order valence-electron chi connectivity index (χ2n) is 5.48. The molecule has 0 aliphatic carbocycles. The molecule has 1 saturated heterocycles. The van der Waals surface area contributed by atoms with Crippen LogP contribution in [0.15, 0.2) is 48.5 Å². The molecule has 3 rings (SSSR count). The van der Waals surface area contributed by atoms with Gasteiger partial charge in [0.2, 0.25) is 5.91 Å². The van der Waals surface area contributed by atoms with E-state index in [1.165, 1.54) is 0 Å². The van der Waals surface area contributed by atoms with Gasteiger partial charge in [0.25, 0.3) is 0 Å². The highest BCUT2D eigenvalue weighted by molar-refractivity contribution is 6.31. The van der Waals surface area contributed by atoms with Crippen molar-refractivity contribution < 1.29 is 14.3 Å². The van der Waals surface area contributed by atoms with Gasteiger partial charge in [-0.05, 0) is 30.3 Å². The van der Waals surface area contributed by atoms with Crippen LogP contribution in [0.1, 0.15) is 5.56 Å². The lowest BCUT2D eigenvalue weighted by Crippen LogP contribution is -2.48. The first-order valence-corrected chi connectivity index (χ1v) is 8.18. The molecule has 126 valence electrons. The fourth-order valence-electron chi connectivity index (χ4n) is 2.37. The lowest BCUT2D eigenvalue weighted by Gasteiger charge is -2.22. The van der Waals surface area contributed by atoms with Crippen molar-refractivity contribution >= 4 is 23.2 Å². The molecule has 0 saturated carbocycles. The molecule has 2 aromatic rings. The van der Waals surface area contributed by atoms with Gasteiger partial charge in [0, 0.05) is 22.8 Å². The van der Waals surface area contributed by atoms with Crippen LogP contribution in [0.4, 0.5) is 5.69 Å². The van der Waals surface area contributed by atoms with Gasteiger partial charge in [-0.15, -0.1) is 0 Å². The minimum atomic E-state index is -0.310. The summed E-state index contributed by atoms with van der Waals surface area (Å²) in [7, 11) is 0. The van der Waals surface area contributed by atoms with Crippen LogP contribution in [0.25, 0.3) is 0 Å². The Morgan fingerprint density at radius 3 is 2.75 bits per heavy atom. The fraction of sp³-hybridized carbons (Fsp3) is 0.278. The molecule has 1 heterocycles. The van der Waals surface area contributed by atoms with E-state index in [1.54, 1.807) is 0 Å². The van der Waals surface area contributed by atoms with E-state index in [0.717, 1.165) is 11.3 Å². The third-order valence-electron chi connectivity index (χ3n) is 3.71. The average Bonchev–Trinajstić information content (AvgIpc) is 2.63. The number of hydrogen-bond donors (Lipinski definition) is 2. The molecule has 1 unspecified atom stereocenters. The highest BCUT2D eigenvalue weighted by Gasteiger charge is 2.20. The van der Waals surface area contributed by atoms with Gasteiger partial charge in [-0.3, -0.25) is 4.79 Å². The summed E-state index contributed by atoms with van der Waals surface area (Å²) in [5.74, 6) is 0.617. The number of ether oxygens (including phenoxy) is 2. The van der Waals surface area contributed by atoms with Crippen molar-refractivity contribution in [3.8, 4) is 5.75 Å². The highest BCUT2D eigenvalue weighted by atomic mass is 35.5. The van der Waals surface area contributed by atoms with Crippen molar-refractivity contribution in [1.82, 2.24) is 5.32 Å². The van der Waals surface area contributed by atoms with E-state index in [0.29, 0.717) is 37.1 Å². The first-order chi connectivity index (χ1) is 11.7. The van der Waals surface area contributed by atoms with Crippen molar-refractivity contribution in [1.29, 1.82) is 0 Å². The van der Waals surface area contributed by atoms with Crippen molar-refractivity contribution in [2.75, 3.05) is 25.1 Å². The Morgan fingerprint density at radius 2 is 2.04 bits per heavy atom. The predicted molar refractivity (Wildman–Crippen MR) is 93.5 cm³/mol. The van der Waals surface area contributed by atoms with Crippen LogP contribution in [0.5, 0.6) is 5.75 Å². The number of rotatable bonds is 5. The summed E-state index contributed by atoms with van der Waals surface area (Å²) in [4.78, 5) is 12.1. The molecule has 24 heavy (non-hydrogen) atoms. The minimum absolute atomic E-state index is 0.0977. The smallest absolute Gasteiger partial charge is 0.243 e. The van der Waals surface area contributed by atoms with E-state index in [4.69, 9.17) is 21.1 Å². The van der Waals surface area contributed by atoms with E-state index >= 15 is 0 Å². The molecule has 5 nitrogen and oxygen atoms in total. The molecule has 1 aliphatic heterocycles. The topological polar surface area (TPSA) is 59.6 Å².